The summed E-state index contributed by atoms with van der Waals surface area (Å²) < 4.78 is 0. The minimum absolute atomic E-state index is 0.131. The molecule has 1 aliphatic rings. The summed E-state index contributed by atoms with van der Waals surface area (Å²) >= 11 is 1.77. The van der Waals surface area contributed by atoms with Crippen molar-refractivity contribution in [3.8, 4) is 0 Å². The molecule has 0 radical (unpaired) electrons. The van der Waals surface area contributed by atoms with E-state index >= 15 is 0 Å². The molecule has 2 aromatic carbocycles. The predicted octanol–water partition coefficient (Wildman–Crippen LogP) is 3.84. The molecule has 0 amide bonds. The van der Waals surface area contributed by atoms with Gasteiger partial charge >= 0.3 is 0 Å². The van der Waals surface area contributed by atoms with E-state index in [2.05, 4.69) is 17.0 Å². The van der Waals surface area contributed by atoms with E-state index < -0.39 is 0 Å². The zero-order valence-electron chi connectivity index (χ0n) is 10.3. The molecule has 0 fully saturated rings. The molecule has 1 aliphatic heterocycles. The van der Waals surface area contributed by atoms with E-state index in [1.165, 1.54) is 10.6 Å². The number of nitro groups is 1. The minimum atomic E-state index is -0.371. The predicted molar refractivity (Wildman–Crippen MR) is 76.5 cm³/mol. The Morgan fingerprint density at radius 3 is 2.47 bits per heavy atom. The van der Waals surface area contributed by atoms with Gasteiger partial charge in [0, 0.05) is 24.1 Å². The van der Waals surface area contributed by atoms with Crippen LogP contribution in [-0.2, 0) is 0 Å². The van der Waals surface area contributed by atoms with Crippen LogP contribution >= 0.6 is 11.8 Å². The van der Waals surface area contributed by atoms with E-state index in [9.17, 15) is 10.1 Å². The third-order valence-electron chi connectivity index (χ3n) is 3.22. The van der Waals surface area contributed by atoms with Crippen LogP contribution in [-0.4, -0.2) is 12.0 Å². The first-order valence-electron chi connectivity index (χ1n) is 5.89. The van der Waals surface area contributed by atoms with Gasteiger partial charge in [0.25, 0.3) is 5.69 Å². The highest BCUT2D eigenvalue weighted by Gasteiger charge is 2.28. The van der Waals surface area contributed by atoms with Gasteiger partial charge in [0.15, 0.2) is 0 Å². The molecule has 3 rings (SSSR count). The molecule has 0 bridgehead atoms. The maximum atomic E-state index is 10.7. The molecule has 2 aromatic rings. The molecule has 1 atom stereocenters. The van der Waals surface area contributed by atoms with Crippen molar-refractivity contribution < 1.29 is 4.92 Å². The second kappa shape index (κ2) is 4.59. The molecule has 96 valence electrons. The molecule has 5 heteroatoms. The highest BCUT2D eigenvalue weighted by Crippen LogP contribution is 2.50. The maximum absolute atomic E-state index is 10.7. The standard InChI is InChI=1S/C14H12N2O2S/c1-15-12-4-2-3-5-13(12)19-14(15)10-6-8-11(9-7-10)16(17)18/h2-9,14H,1H3. The van der Waals surface area contributed by atoms with Gasteiger partial charge in [-0.25, -0.2) is 0 Å². The van der Waals surface area contributed by atoms with Gasteiger partial charge in [-0.3, -0.25) is 10.1 Å². The monoisotopic (exact) mass is 272 g/mol. The molecule has 0 spiro atoms. The van der Waals surface area contributed by atoms with Crippen molar-refractivity contribution in [3.05, 3.63) is 64.2 Å². The first-order chi connectivity index (χ1) is 9.16. The van der Waals surface area contributed by atoms with Crippen LogP contribution in [0, 0.1) is 10.1 Å². The molecule has 0 N–H and O–H groups in total. The van der Waals surface area contributed by atoms with Gasteiger partial charge in [-0.05, 0) is 29.8 Å². The zero-order valence-corrected chi connectivity index (χ0v) is 11.1. The fraction of sp³-hybridized carbons (Fsp3) is 0.143. The lowest BCUT2D eigenvalue weighted by Gasteiger charge is -2.21. The second-order valence-electron chi connectivity index (χ2n) is 4.40. The van der Waals surface area contributed by atoms with Crippen LogP contribution in [0.2, 0.25) is 0 Å². The molecular formula is C14H12N2O2S. The van der Waals surface area contributed by atoms with Crippen molar-refractivity contribution >= 4 is 23.1 Å². The molecule has 19 heavy (non-hydrogen) atoms. The lowest BCUT2D eigenvalue weighted by Crippen LogP contribution is -2.16. The Kier molecular flexibility index (Phi) is 2.91. The van der Waals surface area contributed by atoms with Gasteiger partial charge < -0.3 is 4.90 Å². The normalized spacial score (nSPS) is 17.3. The fourth-order valence-electron chi connectivity index (χ4n) is 2.23. The maximum Gasteiger partial charge on any atom is 0.269 e. The Morgan fingerprint density at radius 1 is 1.16 bits per heavy atom. The van der Waals surface area contributed by atoms with Gasteiger partial charge in [0.2, 0.25) is 0 Å². The SMILES string of the molecule is CN1c2ccccc2SC1c1ccc([N+](=O)[O-])cc1. The van der Waals surface area contributed by atoms with Gasteiger partial charge in [-0.15, -0.1) is 0 Å². The van der Waals surface area contributed by atoms with E-state index in [-0.39, 0.29) is 16.0 Å². The summed E-state index contributed by atoms with van der Waals surface area (Å²) in [6.07, 6.45) is 0. The number of thioether (sulfide) groups is 1. The second-order valence-corrected chi connectivity index (χ2v) is 5.52. The number of anilines is 1. The number of rotatable bonds is 2. The van der Waals surface area contributed by atoms with Gasteiger partial charge in [-0.2, -0.15) is 0 Å². The van der Waals surface area contributed by atoms with Gasteiger partial charge in [-0.1, -0.05) is 23.9 Å². The summed E-state index contributed by atoms with van der Waals surface area (Å²) in [6, 6.07) is 15.0. The number of fused-ring (bicyclic) bond motifs is 1. The lowest BCUT2D eigenvalue weighted by molar-refractivity contribution is -0.384. The summed E-state index contributed by atoms with van der Waals surface area (Å²) in [6.45, 7) is 0. The third kappa shape index (κ3) is 2.06. The Balaban J connectivity index is 1.91. The van der Waals surface area contributed by atoms with Crippen LogP contribution in [0.15, 0.2) is 53.4 Å². The molecule has 0 aromatic heterocycles. The first kappa shape index (κ1) is 12.0. The Hall–Kier alpha value is -2.01. The molecule has 0 saturated heterocycles. The summed E-state index contributed by atoms with van der Waals surface area (Å²) in [5.74, 6) is 0. The lowest BCUT2D eigenvalue weighted by atomic mass is 10.2. The van der Waals surface area contributed by atoms with Crippen molar-refractivity contribution in [2.24, 2.45) is 0 Å². The van der Waals surface area contributed by atoms with Crippen LogP contribution in [0.1, 0.15) is 10.9 Å². The average Bonchev–Trinajstić information content (AvgIpc) is 2.77. The minimum Gasteiger partial charge on any atom is -0.357 e. The van der Waals surface area contributed by atoms with E-state index in [0.29, 0.717) is 0 Å². The first-order valence-corrected chi connectivity index (χ1v) is 6.77. The van der Waals surface area contributed by atoms with Crippen LogP contribution in [0.25, 0.3) is 0 Å². The van der Waals surface area contributed by atoms with Crippen LogP contribution in [0.3, 0.4) is 0 Å². The Morgan fingerprint density at radius 2 is 1.84 bits per heavy atom. The Bertz CT molecular complexity index is 628. The molecule has 1 unspecified atom stereocenters. The number of hydrogen-bond donors (Lipinski definition) is 0. The van der Waals surface area contributed by atoms with E-state index in [0.717, 1.165) is 5.56 Å². The molecule has 4 nitrogen and oxygen atoms in total. The topological polar surface area (TPSA) is 46.4 Å². The summed E-state index contributed by atoms with van der Waals surface area (Å²) in [5.41, 5.74) is 2.41. The van der Waals surface area contributed by atoms with Crippen molar-refractivity contribution in [2.75, 3.05) is 11.9 Å². The number of para-hydroxylation sites is 1. The summed E-state index contributed by atoms with van der Waals surface area (Å²) in [4.78, 5) is 13.7. The molecule has 1 heterocycles. The van der Waals surface area contributed by atoms with Gasteiger partial charge in [0.05, 0.1) is 10.6 Å². The quantitative estimate of drug-likeness (QED) is 0.615. The van der Waals surface area contributed by atoms with E-state index in [4.69, 9.17) is 0 Å². The van der Waals surface area contributed by atoms with Crippen molar-refractivity contribution in [1.82, 2.24) is 0 Å². The highest BCUT2D eigenvalue weighted by molar-refractivity contribution is 8.00. The summed E-state index contributed by atoms with van der Waals surface area (Å²) in [5, 5.41) is 10.8. The van der Waals surface area contributed by atoms with Crippen molar-refractivity contribution in [2.45, 2.75) is 10.3 Å². The van der Waals surface area contributed by atoms with Gasteiger partial charge in [0.1, 0.15) is 5.37 Å². The third-order valence-corrected chi connectivity index (χ3v) is 4.64. The number of nitrogens with zero attached hydrogens (tertiary/aromatic N) is 2. The number of non-ortho nitro benzene ring substituents is 1. The van der Waals surface area contributed by atoms with Crippen molar-refractivity contribution in [1.29, 1.82) is 0 Å². The summed E-state index contributed by atoms with van der Waals surface area (Å²) in [7, 11) is 2.05. The van der Waals surface area contributed by atoms with E-state index in [1.807, 2.05) is 31.3 Å². The molecule has 0 aliphatic carbocycles. The number of nitro benzene ring substituents is 1. The Labute approximate surface area is 115 Å². The zero-order chi connectivity index (χ0) is 13.4. The van der Waals surface area contributed by atoms with E-state index in [1.54, 1.807) is 23.9 Å². The molecule has 0 saturated carbocycles. The highest BCUT2D eigenvalue weighted by atomic mass is 32.2. The smallest absolute Gasteiger partial charge is 0.269 e. The number of benzene rings is 2. The fourth-order valence-corrected chi connectivity index (χ4v) is 3.52. The van der Waals surface area contributed by atoms with Crippen LogP contribution in [0.5, 0.6) is 0 Å². The van der Waals surface area contributed by atoms with Crippen LogP contribution in [0.4, 0.5) is 11.4 Å². The molecular weight excluding hydrogens is 260 g/mol. The van der Waals surface area contributed by atoms with Crippen molar-refractivity contribution in [3.63, 3.8) is 0 Å². The largest absolute Gasteiger partial charge is 0.357 e. The number of hydrogen-bond acceptors (Lipinski definition) is 4. The average molecular weight is 272 g/mol. The van der Waals surface area contributed by atoms with Crippen LogP contribution < -0.4 is 4.90 Å².